The number of hydrogen-bond donors (Lipinski definition) is 2. The summed E-state index contributed by atoms with van der Waals surface area (Å²) in [4.78, 5) is 0. The van der Waals surface area contributed by atoms with E-state index in [-0.39, 0.29) is 0 Å². The number of nitrogens with two attached hydrogens (primary N) is 1. The van der Waals surface area contributed by atoms with Crippen molar-refractivity contribution in [1.82, 2.24) is 0 Å². The molecule has 3 nitrogen and oxygen atoms in total. The summed E-state index contributed by atoms with van der Waals surface area (Å²) in [7, 11) is 0. The first-order valence-electron chi connectivity index (χ1n) is 4.72. The molecule has 0 heterocycles. The summed E-state index contributed by atoms with van der Waals surface area (Å²) < 4.78 is 5.31. The highest BCUT2D eigenvalue weighted by Gasteiger charge is 2.23. The van der Waals surface area contributed by atoms with Crippen LogP contribution in [-0.2, 0) is 4.74 Å². The summed E-state index contributed by atoms with van der Waals surface area (Å²) >= 11 is 0. The van der Waals surface area contributed by atoms with Gasteiger partial charge in [-0.2, -0.15) is 0 Å². The van der Waals surface area contributed by atoms with Crippen molar-refractivity contribution in [2.75, 3.05) is 0 Å². The van der Waals surface area contributed by atoms with Crippen molar-refractivity contribution in [2.45, 2.75) is 58.5 Å². The SMILES string of the molecule is CCCC(O)OC(N)(CC)CC. The van der Waals surface area contributed by atoms with Gasteiger partial charge in [0.15, 0.2) is 6.29 Å². The zero-order valence-corrected chi connectivity index (χ0v) is 8.34. The van der Waals surface area contributed by atoms with Gasteiger partial charge in [-0.05, 0) is 19.3 Å². The molecule has 12 heavy (non-hydrogen) atoms. The van der Waals surface area contributed by atoms with Gasteiger partial charge < -0.3 is 15.6 Å². The molecule has 0 aliphatic heterocycles. The topological polar surface area (TPSA) is 55.5 Å². The van der Waals surface area contributed by atoms with Crippen LogP contribution in [0.5, 0.6) is 0 Å². The highest BCUT2D eigenvalue weighted by Crippen LogP contribution is 2.16. The van der Waals surface area contributed by atoms with Gasteiger partial charge >= 0.3 is 0 Å². The molecular formula is C9H21NO2. The summed E-state index contributed by atoms with van der Waals surface area (Å²) in [6, 6.07) is 0. The summed E-state index contributed by atoms with van der Waals surface area (Å²) in [5.74, 6) is 0. The summed E-state index contributed by atoms with van der Waals surface area (Å²) in [6.45, 7) is 5.92. The van der Waals surface area contributed by atoms with E-state index in [4.69, 9.17) is 10.5 Å². The lowest BCUT2D eigenvalue weighted by atomic mass is 10.1. The van der Waals surface area contributed by atoms with Crippen molar-refractivity contribution in [1.29, 1.82) is 0 Å². The standard InChI is InChI=1S/C9H21NO2/c1-4-7-8(11)12-9(10,5-2)6-3/h8,11H,4-7,10H2,1-3H3. The van der Waals surface area contributed by atoms with E-state index in [0.717, 1.165) is 19.3 Å². The number of hydrogen-bond acceptors (Lipinski definition) is 3. The van der Waals surface area contributed by atoms with Crippen LogP contribution in [0.2, 0.25) is 0 Å². The predicted molar refractivity (Wildman–Crippen MR) is 49.5 cm³/mol. The van der Waals surface area contributed by atoms with Crippen molar-refractivity contribution >= 4 is 0 Å². The molecule has 0 aromatic carbocycles. The van der Waals surface area contributed by atoms with Gasteiger partial charge in [0.1, 0.15) is 5.72 Å². The third-order valence-electron chi connectivity index (χ3n) is 2.10. The number of aliphatic hydroxyl groups is 1. The van der Waals surface area contributed by atoms with Crippen molar-refractivity contribution < 1.29 is 9.84 Å². The van der Waals surface area contributed by atoms with Crippen molar-refractivity contribution in [2.24, 2.45) is 5.73 Å². The molecule has 0 aliphatic rings. The number of aliphatic hydroxyl groups excluding tert-OH is 1. The highest BCUT2D eigenvalue weighted by atomic mass is 16.6. The Labute approximate surface area is 74.9 Å². The van der Waals surface area contributed by atoms with Crippen LogP contribution in [0.25, 0.3) is 0 Å². The highest BCUT2D eigenvalue weighted by molar-refractivity contribution is 4.69. The Kier molecular flexibility index (Phi) is 5.46. The van der Waals surface area contributed by atoms with E-state index >= 15 is 0 Å². The average Bonchev–Trinajstić information content (AvgIpc) is 2.05. The number of rotatable bonds is 6. The van der Waals surface area contributed by atoms with Gasteiger partial charge in [-0.3, -0.25) is 0 Å². The second-order valence-corrected chi connectivity index (χ2v) is 3.13. The molecule has 0 amide bonds. The molecule has 0 aromatic rings. The fourth-order valence-electron chi connectivity index (χ4n) is 0.993. The second kappa shape index (κ2) is 5.51. The van der Waals surface area contributed by atoms with Crippen LogP contribution in [0.4, 0.5) is 0 Å². The molecule has 0 aromatic heterocycles. The molecule has 0 rings (SSSR count). The molecule has 0 fully saturated rings. The average molecular weight is 175 g/mol. The van der Waals surface area contributed by atoms with E-state index in [9.17, 15) is 5.11 Å². The molecule has 0 bridgehead atoms. The minimum absolute atomic E-state index is 0.644. The molecule has 0 aliphatic carbocycles. The molecule has 3 heteroatoms. The lowest BCUT2D eigenvalue weighted by molar-refractivity contribution is -0.189. The molecular weight excluding hydrogens is 154 g/mol. The maximum Gasteiger partial charge on any atom is 0.156 e. The first-order chi connectivity index (χ1) is 5.58. The summed E-state index contributed by atoms with van der Waals surface area (Å²) in [6.07, 6.45) is 2.30. The molecule has 0 radical (unpaired) electrons. The minimum Gasteiger partial charge on any atom is -0.368 e. The van der Waals surface area contributed by atoms with E-state index < -0.39 is 12.0 Å². The molecule has 0 saturated carbocycles. The fraction of sp³-hybridized carbons (Fsp3) is 1.00. The smallest absolute Gasteiger partial charge is 0.156 e. The largest absolute Gasteiger partial charge is 0.368 e. The molecule has 3 N–H and O–H groups in total. The van der Waals surface area contributed by atoms with Crippen LogP contribution in [0.15, 0.2) is 0 Å². The third kappa shape index (κ3) is 4.04. The minimum atomic E-state index is -0.708. The van der Waals surface area contributed by atoms with Crippen LogP contribution < -0.4 is 5.73 Å². The van der Waals surface area contributed by atoms with E-state index in [0.29, 0.717) is 6.42 Å². The zero-order valence-electron chi connectivity index (χ0n) is 8.34. The number of ether oxygens (including phenoxy) is 1. The van der Waals surface area contributed by atoms with Crippen molar-refractivity contribution in [3.8, 4) is 0 Å². The van der Waals surface area contributed by atoms with Crippen LogP contribution in [0, 0.1) is 0 Å². The van der Waals surface area contributed by atoms with Crippen molar-refractivity contribution in [3.63, 3.8) is 0 Å². The van der Waals surface area contributed by atoms with E-state index in [1.54, 1.807) is 0 Å². The van der Waals surface area contributed by atoms with Gasteiger partial charge in [-0.15, -0.1) is 0 Å². The first kappa shape index (κ1) is 11.9. The lowest BCUT2D eigenvalue weighted by Gasteiger charge is -2.29. The monoisotopic (exact) mass is 175 g/mol. The zero-order chi connectivity index (χ0) is 9.61. The Morgan fingerprint density at radius 3 is 2.17 bits per heavy atom. The van der Waals surface area contributed by atoms with Gasteiger partial charge in [0.05, 0.1) is 0 Å². The van der Waals surface area contributed by atoms with Crippen LogP contribution >= 0.6 is 0 Å². The first-order valence-corrected chi connectivity index (χ1v) is 4.72. The summed E-state index contributed by atoms with van der Waals surface area (Å²) in [5, 5.41) is 9.34. The quantitative estimate of drug-likeness (QED) is 0.603. The van der Waals surface area contributed by atoms with Crippen LogP contribution in [0.3, 0.4) is 0 Å². The molecule has 1 unspecified atom stereocenters. The Bertz CT molecular complexity index is 113. The van der Waals surface area contributed by atoms with Crippen LogP contribution in [-0.4, -0.2) is 17.1 Å². The Morgan fingerprint density at radius 1 is 1.33 bits per heavy atom. The van der Waals surface area contributed by atoms with E-state index in [1.165, 1.54) is 0 Å². The maximum absolute atomic E-state index is 9.34. The third-order valence-corrected chi connectivity index (χ3v) is 2.10. The fourth-order valence-corrected chi connectivity index (χ4v) is 0.993. The normalized spacial score (nSPS) is 14.8. The Hall–Kier alpha value is -0.120. The Balaban J connectivity index is 3.84. The van der Waals surface area contributed by atoms with Crippen molar-refractivity contribution in [3.05, 3.63) is 0 Å². The van der Waals surface area contributed by atoms with Gasteiger partial charge in [0.2, 0.25) is 0 Å². The molecule has 1 atom stereocenters. The molecule has 74 valence electrons. The predicted octanol–water partition coefficient (Wildman–Crippen LogP) is 1.60. The second-order valence-electron chi connectivity index (χ2n) is 3.13. The van der Waals surface area contributed by atoms with Gasteiger partial charge in [-0.25, -0.2) is 0 Å². The maximum atomic E-state index is 9.34. The summed E-state index contributed by atoms with van der Waals surface area (Å²) in [5.41, 5.74) is 5.20. The van der Waals surface area contributed by atoms with Crippen LogP contribution in [0.1, 0.15) is 46.5 Å². The van der Waals surface area contributed by atoms with Gasteiger partial charge in [0.25, 0.3) is 0 Å². The van der Waals surface area contributed by atoms with Gasteiger partial charge in [-0.1, -0.05) is 27.2 Å². The van der Waals surface area contributed by atoms with Gasteiger partial charge in [0, 0.05) is 0 Å². The van der Waals surface area contributed by atoms with E-state index in [1.807, 2.05) is 20.8 Å². The van der Waals surface area contributed by atoms with E-state index in [2.05, 4.69) is 0 Å². The lowest BCUT2D eigenvalue weighted by Crippen LogP contribution is -2.44. The molecule has 0 spiro atoms. The Morgan fingerprint density at radius 2 is 1.83 bits per heavy atom. The molecule has 0 saturated heterocycles.